The summed E-state index contributed by atoms with van der Waals surface area (Å²) in [5.41, 5.74) is 0.221. The molecule has 0 saturated carbocycles. The molecule has 0 N–H and O–H groups in total. The third kappa shape index (κ3) is 3.88. The molecule has 15 heavy (non-hydrogen) atoms. The molecular weight excluding hydrogens is 354 g/mol. The molecule has 0 atom stereocenters. The molecular formula is C7H5Br2NO4S. The van der Waals surface area contributed by atoms with Gasteiger partial charge in [0.1, 0.15) is 5.71 Å². The van der Waals surface area contributed by atoms with Crippen molar-refractivity contribution in [3.05, 3.63) is 21.1 Å². The van der Waals surface area contributed by atoms with Crippen LogP contribution in [-0.2, 0) is 19.2 Å². The SMILES string of the molecule is CS(=O)(=O)ON=C1C=C(Br)C(=O)C(Br)=C1. The highest BCUT2D eigenvalue weighted by Crippen LogP contribution is 2.22. The maximum atomic E-state index is 11.2. The first-order valence-electron chi connectivity index (χ1n) is 3.55. The van der Waals surface area contributed by atoms with Gasteiger partial charge in [-0.25, -0.2) is 0 Å². The summed E-state index contributed by atoms with van der Waals surface area (Å²) in [6.45, 7) is 0. The van der Waals surface area contributed by atoms with E-state index in [1.54, 1.807) is 0 Å². The van der Waals surface area contributed by atoms with Crippen molar-refractivity contribution < 1.29 is 17.5 Å². The molecule has 0 unspecified atom stereocenters. The third-order valence-corrected chi connectivity index (χ3v) is 2.78. The number of oxime groups is 1. The average Bonchev–Trinajstić information content (AvgIpc) is 2.09. The van der Waals surface area contributed by atoms with E-state index in [2.05, 4.69) is 41.3 Å². The van der Waals surface area contributed by atoms with Gasteiger partial charge in [-0.05, 0) is 44.0 Å². The van der Waals surface area contributed by atoms with Gasteiger partial charge in [0.15, 0.2) is 0 Å². The van der Waals surface area contributed by atoms with Gasteiger partial charge in [0.05, 0.1) is 15.2 Å². The molecule has 1 aliphatic carbocycles. The lowest BCUT2D eigenvalue weighted by molar-refractivity contribution is -0.110. The van der Waals surface area contributed by atoms with Crippen LogP contribution in [0.15, 0.2) is 26.3 Å². The molecule has 1 aliphatic rings. The van der Waals surface area contributed by atoms with Crippen molar-refractivity contribution in [1.82, 2.24) is 0 Å². The van der Waals surface area contributed by atoms with Crippen molar-refractivity contribution >= 4 is 53.5 Å². The van der Waals surface area contributed by atoms with Crippen molar-refractivity contribution in [3.8, 4) is 0 Å². The summed E-state index contributed by atoms with van der Waals surface area (Å²) in [5.74, 6) is -0.242. The fourth-order valence-electron chi connectivity index (χ4n) is 0.710. The molecule has 0 fully saturated rings. The number of ketones is 1. The fraction of sp³-hybridized carbons (Fsp3) is 0.143. The van der Waals surface area contributed by atoms with Gasteiger partial charge in [-0.3, -0.25) is 9.08 Å². The van der Waals surface area contributed by atoms with Gasteiger partial charge in [0.25, 0.3) is 0 Å². The quantitative estimate of drug-likeness (QED) is 0.553. The van der Waals surface area contributed by atoms with Crippen molar-refractivity contribution in [2.45, 2.75) is 0 Å². The number of hydrogen-bond donors (Lipinski definition) is 0. The molecule has 0 spiro atoms. The Kier molecular flexibility index (Phi) is 3.85. The third-order valence-electron chi connectivity index (χ3n) is 1.26. The van der Waals surface area contributed by atoms with E-state index in [-0.39, 0.29) is 20.5 Å². The molecule has 8 heteroatoms. The van der Waals surface area contributed by atoms with Crippen LogP contribution in [0.25, 0.3) is 0 Å². The van der Waals surface area contributed by atoms with Gasteiger partial charge in [-0.1, -0.05) is 5.16 Å². The van der Waals surface area contributed by atoms with Crippen LogP contribution >= 0.6 is 31.9 Å². The maximum Gasteiger partial charge on any atom is 0.325 e. The first kappa shape index (κ1) is 12.6. The van der Waals surface area contributed by atoms with E-state index in [1.807, 2.05) is 0 Å². The summed E-state index contributed by atoms with van der Waals surface area (Å²) in [6, 6.07) is 0. The minimum atomic E-state index is -3.63. The summed E-state index contributed by atoms with van der Waals surface area (Å²) >= 11 is 6.02. The van der Waals surface area contributed by atoms with E-state index in [0.717, 1.165) is 6.26 Å². The van der Waals surface area contributed by atoms with Gasteiger partial charge in [0, 0.05) is 0 Å². The largest absolute Gasteiger partial charge is 0.325 e. The first-order chi connectivity index (χ1) is 6.79. The number of carbonyl (C=O) groups excluding carboxylic acids is 1. The summed E-state index contributed by atoms with van der Waals surface area (Å²) in [7, 11) is -3.63. The van der Waals surface area contributed by atoms with Crippen LogP contribution in [0.3, 0.4) is 0 Å². The molecule has 0 heterocycles. The predicted molar refractivity (Wildman–Crippen MR) is 62.4 cm³/mol. The van der Waals surface area contributed by atoms with Crippen LogP contribution in [0.1, 0.15) is 0 Å². The van der Waals surface area contributed by atoms with Crippen LogP contribution in [0, 0.1) is 0 Å². The van der Waals surface area contributed by atoms with Crippen molar-refractivity contribution in [2.75, 3.05) is 6.26 Å². The van der Waals surface area contributed by atoms with Crippen LogP contribution in [0.4, 0.5) is 0 Å². The zero-order valence-corrected chi connectivity index (χ0v) is 11.4. The Morgan fingerprint density at radius 2 is 1.73 bits per heavy atom. The van der Waals surface area contributed by atoms with Crippen LogP contribution < -0.4 is 0 Å². The Balaban J connectivity index is 2.95. The monoisotopic (exact) mass is 357 g/mol. The van der Waals surface area contributed by atoms with Crippen LogP contribution in [0.5, 0.6) is 0 Å². The average molecular weight is 359 g/mol. The second-order valence-corrected chi connectivity index (χ2v) is 5.87. The van der Waals surface area contributed by atoms with E-state index < -0.39 is 10.1 Å². The molecule has 1 rings (SSSR count). The highest BCUT2D eigenvalue weighted by atomic mass is 79.9. The second kappa shape index (κ2) is 4.58. The van der Waals surface area contributed by atoms with E-state index in [0.29, 0.717) is 0 Å². The standard InChI is InChI=1S/C7H5Br2NO4S/c1-15(12,13)14-10-4-2-5(8)7(11)6(9)3-4/h2-3H,1H3. The minimum absolute atomic E-state index is 0.221. The van der Waals surface area contributed by atoms with Crippen molar-refractivity contribution in [1.29, 1.82) is 0 Å². The molecule has 0 bridgehead atoms. The normalized spacial score (nSPS) is 17.0. The Morgan fingerprint density at radius 1 is 1.27 bits per heavy atom. The number of hydrogen-bond acceptors (Lipinski definition) is 5. The van der Waals surface area contributed by atoms with Crippen LogP contribution in [0.2, 0.25) is 0 Å². The van der Waals surface area contributed by atoms with Gasteiger partial charge >= 0.3 is 10.1 Å². The van der Waals surface area contributed by atoms with Crippen LogP contribution in [-0.4, -0.2) is 26.2 Å². The molecule has 82 valence electrons. The molecule has 0 radical (unpaired) electrons. The highest BCUT2D eigenvalue weighted by Gasteiger charge is 2.17. The molecule has 0 aromatic heterocycles. The van der Waals surface area contributed by atoms with E-state index in [4.69, 9.17) is 0 Å². The molecule has 0 aromatic carbocycles. The topological polar surface area (TPSA) is 72.8 Å². The zero-order valence-electron chi connectivity index (χ0n) is 7.40. The van der Waals surface area contributed by atoms with Gasteiger partial charge in [0.2, 0.25) is 5.78 Å². The fourth-order valence-corrected chi connectivity index (χ4v) is 2.09. The predicted octanol–water partition coefficient (Wildman–Crippen LogP) is 1.46. The lowest BCUT2D eigenvalue weighted by atomic mass is 10.2. The summed E-state index contributed by atoms with van der Waals surface area (Å²) in [5, 5.41) is 3.35. The maximum absolute atomic E-state index is 11.2. The highest BCUT2D eigenvalue weighted by molar-refractivity contribution is 9.13. The number of carbonyl (C=O) groups is 1. The number of halogens is 2. The van der Waals surface area contributed by atoms with Gasteiger partial charge < -0.3 is 0 Å². The second-order valence-electron chi connectivity index (χ2n) is 2.61. The lowest BCUT2D eigenvalue weighted by Crippen LogP contribution is -2.08. The van der Waals surface area contributed by atoms with Gasteiger partial charge in [-0.15, -0.1) is 0 Å². The number of rotatable bonds is 2. The molecule has 0 saturated heterocycles. The molecule has 0 amide bonds. The minimum Gasteiger partial charge on any atom is -0.287 e. The zero-order chi connectivity index (χ0) is 11.6. The summed E-state index contributed by atoms with van der Waals surface area (Å²) in [6.07, 6.45) is 3.60. The molecule has 0 aliphatic heterocycles. The summed E-state index contributed by atoms with van der Waals surface area (Å²) in [4.78, 5) is 11.2. The van der Waals surface area contributed by atoms with Crippen molar-refractivity contribution in [2.24, 2.45) is 5.16 Å². The Morgan fingerprint density at radius 3 is 2.13 bits per heavy atom. The smallest absolute Gasteiger partial charge is 0.287 e. The van der Waals surface area contributed by atoms with E-state index in [1.165, 1.54) is 12.2 Å². The Labute approximate surface area is 103 Å². The first-order valence-corrected chi connectivity index (χ1v) is 6.95. The Hall–Kier alpha value is -0.470. The molecule has 5 nitrogen and oxygen atoms in total. The van der Waals surface area contributed by atoms with Crippen molar-refractivity contribution in [3.63, 3.8) is 0 Å². The van der Waals surface area contributed by atoms with Gasteiger partial charge in [-0.2, -0.15) is 8.42 Å². The van der Waals surface area contributed by atoms with E-state index >= 15 is 0 Å². The lowest BCUT2D eigenvalue weighted by Gasteiger charge is -2.05. The number of allylic oxidation sites excluding steroid dienone is 4. The Bertz CT molecular complexity index is 465. The molecule has 0 aromatic rings. The number of Topliss-reactive ketones (excluding diaryl/α,β-unsaturated/α-hetero) is 1. The summed E-state index contributed by atoms with van der Waals surface area (Å²) < 4.78 is 26.0. The van der Waals surface area contributed by atoms with E-state index in [9.17, 15) is 13.2 Å². The number of nitrogens with zero attached hydrogens (tertiary/aromatic N) is 1.